The Balaban J connectivity index is 1.56. The molecule has 30 heavy (non-hydrogen) atoms. The molecule has 9 heteroatoms. The molecule has 0 bridgehead atoms. The number of esters is 1. The fourth-order valence-electron chi connectivity index (χ4n) is 2.43. The van der Waals surface area contributed by atoms with Gasteiger partial charge >= 0.3 is 12.0 Å². The van der Waals surface area contributed by atoms with E-state index in [0.717, 1.165) is 16.9 Å². The van der Waals surface area contributed by atoms with Gasteiger partial charge in [-0.05, 0) is 50.2 Å². The van der Waals surface area contributed by atoms with Crippen molar-refractivity contribution < 1.29 is 19.1 Å². The van der Waals surface area contributed by atoms with Crippen LogP contribution in [0.2, 0.25) is 0 Å². The molecule has 3 rings (SSSR count). The molecule has 0 radical (unpaired) electrons. The maximum atomic E-state index is 12.4. The quantitative estimate of drug-likeness (QED) is 0.504. The summed E-state index contributed by atoms with van der Waals surface area (Å²) in [5.41, 5.74) is 2.81. The maximum Gasteiger partial charge on any atom is 0.338 e. The molecule has 0 saturated carbocycles. The van der Waals surface area contributed by atoms with Crippen molar-refractivity contribution in [3.63, 3.8) is 0 Å². The SMILES string of the molecule is CCOC(=O)c1ccc(NC(=O)c2csc(NC(=O)Nc3ccc(C)cc3)n2)cc1. The van der Waals surface area contributed by atoms with Gasteiger partial charge in [-0.1, -0.05) is 17.7 Å². The summed E-state index contributed by atoms with van der Waals surface area (Å²) in [7, 11) is 0. The van der Waals surface area contributed by atoms with Gasteiger partial charge in [0.15, 0.2) is 5.13 Å². The van der Waals surface area contributed by atoms with Crippen LogP contribution in [0.4, 0.5) is 21.3 Å². The Morgan fingerprint density at radius 1 is 0.933 bits per heavy atom. The highest BCUT2D eigenvalue weighted by Crippen LogP contribution is 2.18. The van der Waals surface area contributed by atoms with Gasteiger partial charge in [0.05, 0.1) is 12.2 Å². The molecule has 0 aliphatic carbocycles. The number of anilines is 3. The van der Waals surface area contributed by atoms with Crippen molar-refractivity contribution >= 4 is 45.8 Å². The highest BCUT2D eigenvalue weighted by Gasteiger charge is 2.13. The second-order valence-electron chi connectivity index (χ2n) is 6.23. The topological polar surface area (TPSA) is 109 Å². The molecule has 3 aromatic rings. The third-order valence-corrected chi connectivity index (χ3v) is 4.68. The van der Waals surface area contributed by atoms with Gasteiger partial charge in [0.25, 0.3) is 5.91 Å². The molecule has 0 saturated heterocycles. The highest BCUT2D eigenvalue weighted by molar-refractivity contribution is 7.14. The first-order chi connectivity index (χ1) is 14.4. The molecule has 1 aromatic heterocycles. The fraction of sp³-hybridized carbons (Fsp3) is 0.143. The van der Waals surface area contributed by atoms with E-state index in [4.69, 9.17) is 4.74 Å². The molecule has 154 valence electrons. The highest BCUT2D eigenvalue weighted by atomic mass is 32.1. The summed E-state index contributed by atoms with van der Waals surface area (Å²) in [5, 5.41) is 9.83. The molecule has 3 N–H and O–H groups in total. The van der Waals surface area contributed by atoms with Gasteiger partial charge in [-0.15, -0.1) is 11.3 Å². The predicted molar refractivity (Wildman–Crippen MR) is 116 cm³/mol. The van der Waals surface area contributed by atoms with Crippen LogP contribution in [0.25, 0.3) is 0 Å². The zero-order valence-electron chi connectivity index (χ0n) is 16.4. The Kier molecular flexibility index (Phi) is 6.76. The minimum atomic E-state index is -0.449. The van der Waals surface area contributed by atoms with Crippen molar-refractivity contribution in [2.24, 2.45) is 0 Å². The maximum absolute atomic E-state index is 12.4. The van der Waals surface area contributed by atoms with Crippen LogP contribution < -0.4 is 16.0 Å². The van der Waals surface area contributed by atoms with Crippen molar-refractivity contribution in [2.75, 3.05) is 22.6 Å². The smallest absolute Gasteiger partial charge is 0.338 e. The number of urea groups is 1. The van der Waals surface area contributed by atoms with Crippen LogP contribution >= 0.6 is 11.3 Å². The first-order valence-electron chi connectivity index (χ1n) is 9.13. The number of nitrogens with zero attached hydrogens (tertiary/aromatic N) is 1. The van der Waals surface area contributed by atoms with E-state index in [9.17, 15) is 14.4 Å². The van der Waals surface area contributed by atoms with Gasteiger partial charge in [-0.25, -0.2) is 14.6 Å². The fourth-order valence-corrected chi connectivity index (χ4v) is 3.12. The lowest BCUT2D eigenvalue weighted by Gasteiger charge is -2.06. The van der Waals surface area contributed by atoms with E-state index >= 15 is 0 Å². The lowest BCUT2D eigenvalue weighted by atomic mass is 10.2. The third-order valence-electron chi connectivity index (χ3n) is 3.92. The van der Waals surface area contributed by atoms with Crippen molar-refractivity contribution in [3.05, 3.63) is 70.7 Å². The number of aromatic nitrogens is 1. The monoisotopic (exact) mass is 424 g/mol. The van der Waals surface area contributed by atoms with E-state index in [2.05, 4.69) is 20.9 Å². The lowest BCUT2D eigenvalue weighted by Crippen LogP contribution is -2.19. The van der Waals surface area contributed by atoms with Crippen LogP contribution in [0, 0.1) is 6.92 Å². The summed E-state index contributed by atoms with van der Waals surface area (Å²) in [6.45, 7) is 3.98. The number of nitrogens with one attached hydrogen (secondary N) is 3. The average Bonchev–Trinajstić information content (AvgIpc) is 3.19. The largest absolute Gasteiger partial charge is 0.462 e. The second-order valence-corrected chi connectivity index (χ2v) is 7.09. The molecule has 1 heterocycles. The number of aryl methyl sites for hydroxylation is 1. The molecule has 0 aliphatic heterocycles. The van der Waals surface area contributed by atoms with Gasteiger partial charge in [0, 0.05) is 16.8 Å². The van der Waals surface area contributed by atoms with Crippen molar-refractivity contribution in [3.8, 4) is 0 Å². The number of amides is 3. The second kappa shape index (κ2) is 9.66. The Hall–Kier alpha value is -3.72. The van der Waals surface area contributed by atoms with E-state index in [1.54, 1.807) is 48.7 Å². The molecule has 2 aromatic carbocycles. The van der Waals surface area contributed by atoms with E-state index in [0.29, 0.717) is 28.7 Å². The summed E-state index contributed by atoms with van der Waals surface area (Å²) in [4.78, 5) is 40.2. The Bertz CT molecular complexity index is 1050. The van der Waals surface area contributed by atoms with E-state index in [-0.39, 0.29) is 5.69 Å². The Morgan fingerprint density at radius 3 is 2.23 bits per heavy atom. The first kappa shape index (κ1) is 21.0. The summed E-state index contributed by atoms with van der Waals surface area (Å²) in [6.07, 6.45) is 0. The van der Waals surface area contributed by atoms with Crippen molar-refractivity contribution in [1.29, 1.82) is 0 Å². The number of carbonyl (C=O) groups excluding carboxylic acids is 3. The Labute approximate surface area is 177 Å². The number of thiazole rings is 1. The molecule has 0 unspecified atom stereocenters. The van der Waals surface area contributed by atoms with E-state index in [1.807, 2.05) is 19.1 Å². The standard InChI is InChI=1S/C21H20N4O4S/c1-3-29-19(27)14-6-10-15(11-7-14)22-18(26)17-12-30-21(24-17)25-20(28)23-16-8-4-13(2)5-9-16/h4-12H,3H2,1-2H3,(H,22,26)(H2,23,24,25,28). The zero-order chi connectivity index (χ0) is 21.5. The van der Waals surface area contributed by atoms with E-state index in [1.165, 1.54) is 0 Å². The Morgan fingerprint density at radius 2 is 1.57 bits per heavy atom. The van der Waals surface area contributed by atoms with Crippen LogP contribution in [-0.2, 0) is 4.74 Å². The summed E-state index contributed by atoms with van der Waals surface area (Å²) in [6, 6.07) is 13.3. The number of rotatable bonds is 6. The number of hydrogen-bond donors (Lipinski definition) is 3. The van der Waals surface area contributed by atoms with Crippen molar-refractivity contribution in [2.45, 2.75) is 13.8 Å². The number of carbonyl (C=O) groups is 3. The third kappa shape index (κ3) is 5.65. The number of ether oxygens (including phenoxy) is 1. The molecule has 0 aliphatic rings. The normalized spacial score (nSPS) is 10.2. The van der Waals surface area contributed by atoms with Crippen LogP contribution in [0.1, 0.15) is 33.3 Å². The molecule has 3 amide bonds. The molecular weight excluding hydrogens is 404 g/mol. The van der Waals surface area contributed by atoms with Gasteiger partial charge in [-0.2, -0.15) is 0 Å². The number of hydrogen-bond acceptors (Lipinski definition) is 6. The number of benzene rings is 2. The van der Waals surface area contributed by atoms with Gasteiger partial charge in [0.2, 0.25) is 0 Å². The first-order valence-corrected chi connectivity index (χ1v) is 10.0. The van der Waals surface area contributed by atoms with Crippen LogP contribution in [0.15, 0.2) is 53.9 Å². The van der Waals surface area contributed by atoms with Crippen molar-refractivity contribution in [1.82, 2.24) is 4.98 Å². The van der Waals surface area contributed by atoms with Crippen LogP contribution in [0.3, 0.4) is 0 Å². The summed E-state index contributed by atoms with van der Waals surface area (Å²) in [5.74, 6) is -0.850. The minimum absolute atomic E-state index is 0.167. The van der Waals surface area contributed by atoms with Crippen LogP contribution in [0.5, 0.6) is 0 Å². The van der Waals surface area contributed by atoms with Gasteiger partial charge < -0.3 is 15.4 Å². The van der Waals surface area contributed by atoms with Crippen LogP contribution in [-0.4, -0.2) is 29.5 Å². The predicted octanol–water partition coefficient (Wildman–Crippen LogP) is 4.52. The molecule has 0 fully saturated rings. The summed E-state index contributed by atoms with van der Waals surface area (Å²) < 4.78 is 4.92. The minimum Gasteiger partial charge on any atom is -0.462 e. The molecule has 0 atom stereocenters. The molecule has 0 spiro atoms. The van der Waals surface area contributed by atoms with Gasteiger partial charge in [-0.3, -0.25) is 10.1 Å². The average molecular weight is 424 g/mol. The lowest BCUT2D eigenvalue weighted by molar-refractivity contribution is 0.0526. The molecule has 8 nitrogen and oxygen atoms in total. The van der Waals surface area contributed by atoms with E-state index < -0.39 is 17.9 Å². The van der Waals surface area contributed by atoms with Gasteiger partial charge in [0.1, 0.15) is 5.69 Å². The summed E-state index contributed by atoms with van der Waals surface area (Å²) >= 11 is 1.14. The zero-order valence-corrected chi connectivity index (χ0v) is 17.2. The molecular formula is C21H20N4O4S.